The summed E-state index contributed by atoms with van der Waals surface area (Å²) in [5.74, 6) is 0. The lowest BCUT2D eigenvalue weighted by Crippen LogP contribution is -1.96. The molecule has 17 heavy (non-hydrogen) atoms. The summed E-state index contributed by atoms with van der Waals surface area (Å²) in [4.78, 5) is 0. The predicted octanol–water partition coefficient (Wildman–Crippen LogP) is 4.69. The minimum Gasteiger partial charge on any atom is -0.399 e. The van der Waals surface area contributed by atoms with Crippen LogP contribution in [0.3, 0.4) is 0 Å². The third-order valence-electron chi connectivity index (χ3n) is 2.46. The molecule has 0 aliphatic carbocycles. The fourth-order valence-corrected chi connectivity index (χ4v) is 2.54. The Hall–Kier alpha value is -0.750. The number of aryl methyl sites for hydroxylation is 1. The Bertz CT molecular complexity index is 555. The van der Waals surface area contributed by atoms with E-state index in [1.54, 1.807) is 0 Å². The predicted molar refractivity (Wildman–Crippen MR) is 85.7 cm³/mol. The van der Waals surface area contributed by atoms with Gasteiger partial charge >= 0.3 is 0 Å². The second-order valence-electron chi connectivity index (χ2n) is 3.82. The largest absolute Gasteiger partial charge is 0.399 e. The first-order chi connectivity index (χ1) is 8.06. The smallest absolute Gasteiger partial charge is 0.0521 e. The zero-order valence-electron chi connectivity index (χ0n) is 9.30. The van der Waals surface area contributed by atoms with E-state index in [1.165, 1.54) is 5.56 Å². The maximum atomic E-state index is 5.73. The van der Waals surface area contributed by atoms with Crippen molar-refractivity contribution in [1.82, 2.24) is 0 Å². The monoisotopic (exact) mass is 402 g/mol. The Morgan fingerprint density at radius 3 is 2.59 bits per heavy atom. The van der Waals surface area contributed by atoms with Crippen LogP contribution in [0.5, 0.6) is 0 Å². The highest BCUT2D eigenvalue weighted by molar-refractivity contribution is 14.1. The zero-order valence-corrected chi connectivity index (χ0v) is 13.0. The number of nitrogens with one attached hydrogen (secondary N) is 1. The van der Waals surface area contributed by atoms with Crippen molar-refractivity contribution in [3.8, 4) is 0 Å². The Labute approximate surface area is 123 Å². The second kappa shape index (κ2) is 5.27. The van der Waals surface area contributed by atoms with Crippen LogP contribution in [0.1, 0.15) is 5.56 Å². The molecule has 0 atom stereocenters. The van der Waals surface area contributed by atoms with Crippen molar-refractivity contribution < 1.29 is 0 Å². The lowest BCUT2D eigenvalue weighted by atomic mass is 10.2. The van der Waals surface area contributed by atoms with Gasteiger partial charge < -0.3 is 11.1 Å². The summed E-state index contributed by atoms with van der Waals surface area (Å²) in [5.41, 5.74) is 9.90. The molecule has 0 saturated carbocycles. The van der Waals surface area contributed by atoms with E-state index >= 15 is 0 Å². The molecule has 0 amide bonds. The van der Waals surface area contributed by atoms with Gasteiger partial charge in [0.25, 0.3) is 0 Å². The molecule has 88 valence electrons. The molecule has 0 fully saturated rings. The van der Waals surface area contributed by atoms with E-state index in [-0.39, 0.29) is 0 Å². The first-order valence-corrected chi connectivity index (χ1v) is 7.01. The van der Waals surface area contributed by atoms with Crippen LogP contribution < -0.4 is 11.1 Å². The number of nitrogens with two attached hydrogens (primary N) is 1. The van der Waals surface area contributed by atoms with Crippen molar-refractivity contribution in [2.75, 3.05) is 11.1 Å². The first kappa shape index (κ1) is 12.7. The van der Waals surface area contributed by atoms with E-state index < -0.39 is 0 Å². The molecule has 2 rings (SSSR count). The standard InChI is InChI=1S/C13H12BrIN2/c1-8-2-3-9(14)6-13(8)17-12-5-4-10(16)7-11(12)15/h2-7,17H,16H2,1H3. The van der Waals surface area contributed by atoms with Gasteiger partial charge in [-0.25, -0.2) is 0 Å². The van der Waals surface area contributed by atoms with Crippen LogP contribution in [-0.4, -0.2) is 0 Å². The number of hydrogen-bond acceptors (Lipinski definition) is 2. The molecule has 2 aromatic rings. The molecule has 0 bridgehead atoms. The fourth-order valence-electron chi connectivity index (χ4n) is 1.51. The molecular weight excluding hydrogens is 391 g/mol. The molecule has 2 nitrogen and oxygen atoms in total. The summed E-state index contributed by atoms with van der Waals surface area (Å²) in [6.45, 7) is 2.08. The number of benzene rings is 2. The molecule has 4 heteroatoms. The van der Waals surface area contributed by atoms with Gasteiger partial charge in [0.15, 0.2) is 0 Å². The van der Waals surface area contributed by atoms with Crippen molar-refractivity contribution >= 4 is 55.6 Å². The minimum atomic E-state index is 0.783. The topological polar surface area (TPSA) is 38.0 Å². The van der Waals surface area contributed by atoms with E-state index in [9.17, 15) is 0 Å². The lowest BCUT2D eigenvalue weighted by Gasteiger charge is -2.12. The highest BCUT2D eigenvalue weighted by atomic mass is 127. The number of anilines is 3. The van der Waals surface area contributed by atoms with Gasteiger partial charge in [0.2, 0.25) is 0 Å². The Balaban J connectivity index is 2.34. The van der Waals surface area contributed by atoms with E-state index in [4.69, 9.17) is 5.73 Å². The number of halogens is 2. The van der Waals surface area contributed by atoms with Crippen molar-refractivity contribution in [2.24, 2.45) is 0 Å². The second-order valence-corrected chi connectivity index (χ2v) is 5.90. The van der Waals surface area contributed by atoms with Gasteiger partial charge in [-0.05, 0) is 65.4 Å². The summed E-state index contributed by atoms with van der Waals surface area (Å²) in [5, 5.41) is 3.42. The third-order valence-corrected chi connectivity index (χ3v) is 3.85. The van der Waals surface area contributed by atoms with Gasteiger partial charge in [0.1, 0.15) is 0 Å². The molecule has 0 saturated heterocycles. The van der Waals surface area contributed by atoms with Crippen LogP contribution in [0.15, 0.2) is 40.9 Å². The highest BCUT2D eigenvalue weighted by Gasteiger charge is 2.03. The van der Waals surface area contributed by atoms with E-state index in [1.807, 2.05) is 24.3 Å². The van der Waals surface area contributed by atoms with Gasteiger partial charge in [-0.15, -0.1) is 0 Å². The number of hydrogen-bond donors (Lipinski definition) is 2. The Morgan fingerprint density at radius 1 is 1.12 bits per heavy atom. The normalized spacial score (nSPS) is 10.3. The molecule has 0 aliphatic rings. The van der Waals surface area contributed by atoms with Gasteiger partial charge in [0, 0.05) is 19.4 Å². The molecule has 0 spiro atoms. The van der Waals surface area contributed by atoms with Crippen LogP contribution in [0.4, 0.5) is 17.1 Å². The van der Waals surface area contributed by atoms with Crippen molar-refractivity contribution in [3.63, 3.8) is 0 Å². The Morgan fingerprint density at radius 2 is 1.88 bits per heavy atom. The van der Waals surface area contributed by atoms with Crippen LogP contribution in [0, 0.1) is 10.5 Å². The van der Waals surface area contributed by atoms with Crippen LogP contribution >= 0.6 is 38.5 Å². The van der Waals surface area contributed by atoms with Gasteiger partial charge in [-0.2, -0.15) is 0 Å². The molecular formula is C13H12BrIN2. The average Bonchev–Trinajstić information content (AvgIpc) is 2.27. The van der Waals surface area contributed by atoms with Crippen molar-refractivity contribution in [2.45, 2.75) is 6.92 Å². The minimum absolute atomic E-state index is 0.783. The molecule has 0 heterocycles. The average molecular weight is 403 g/mol. The molecule has 0 radical (unpaired) electrons. The van der Waals surface area contributed by atoms with E-state index in [2.05, 4.69) is 62.9 Å². The summed E-state index contributed by atoms with van der Waals surface area (Å²) in [6.07, 6.45) is 0. The number of rotatable bonds is 2. The van der Waals surface area contributed by atoms with E-state index in [0.717, 1.165) is 25.1 Å². The van der Waals surface area contributed by atoms with E-state index in [0.29, 0.717) is 0 Å². The Kier molecular flexibility index (Phi) is 3.93. The maximum Gasteiger partial charge on any atom is 0.0521 e. The molecule has 0 aromatic heterocycles. The third kappa shape index (κ3) is 3.13. The molecule has 0 aliphatic heterocycles. The molecule has 3 N–H and O–H groups in total. The highest BCUT2D eigenvalue weighted by Crippen LogP contribution is 2.28. The summed E-state index contributed by atoms with van der Waals surface area (Å²) >= 11 is 5.76. The van der Waals surface area contributed by atoms with Gasteiger partial charge in [0.05, 0.1) is 5.69 Å². The van der Waals surface area contributed by atoms with Gasteiger partial charge in [-0.3, -0.25) is 0 Å². The quantitative estimate of drug-likeness (QED) is 0.565. The zero-order chi connectivity index (χ0) is 12.4. The van der Waals surface area contributed by atoms with Crippen LogP contribution in [-0.2, 0) is 0 Å². The SMILES string of the molecule is Cc1ccc(Br)cc1Nc1ccc(N)cc1I. The van der Waals surface area contributed by atoms with Crippen molar-refractivity contribution in [1.29, 1.82) is 0 Å². The molecule has 2 aromatic carbocycles. The van der Waals surface area contributed by atoms with Crippen molar-refractivity contribution in [3.05, 3.63) is 50.0 Å². The number of nitrogen functional groups attached to an aromatic ring is 1. The van der Waals surface area contributed by atoms with Crippen LogP contribution in [0.25, 0.3) is 0 Å². The lowest BCUT2D eigenvalue weighted by molar-refractivity contribution is 1.41. The summed E-state index contributed by atoms with van der Waals surface area (Å²) in [6, 6.07) is 12.0. The van der Waals surface area contributed by atoms with Crippen LogP contribution in [0.2, 0.25) is 0 Å². The maximum absolute atomic E-state index is 5.73. The molecule has 0 unspecified atom stereocenters. The first-order valence-electron chi connectivity index (χ1n) is 5.14. The summed E-state index contributed by atoms with van der Waals surface area (Å²) in [7, 11) is 0. The summed E-state index contributed by atoms with van der Waals surface area (Å²) < 4.78 is 2.18. The fraction of sp³-hybridized carbons (Fsp3) is 0.0769. The van der Waals surface area contributed by atoms with Gasteiger partial charge in [-0.1, -0.05) is 22.0 Å².